The normalized spacial score (nSPS) is 16.8. The molecule has 0 atom stereocenters. The minimum atomic E-state index is 0.488. The predicted octanol–water partition coefficient (Wildman–Crippen LogP) is 3.06. The first-order valence-corrected chi connectivity index (χ1v) is 8.91. The molecule has 0 aliphatic heterocycles. The van der Waals surface area contributed by atoms with Gasteiger partial charge in [-0.1, -0.05) is 49.9 Å². The van der Waals surface area contributed by atoms with Gasteiger partial charge in [0.2, 0.25) is 0 Å². The standard InChI is InChI=1S/C19H27N5/c20-19(23-18-9-3-1-2-4-10-18)21-14-16-7-5-8-17(13-16)15-24-12-6-11-22-24/h5-8,11-13,18H,1-4,9-10,14-15H2,(H3,20,21,23). The Morgan fingerprint density at radius 1 is 1.17 bits per heavy atom. The van der Waals surface area contributed by atoms with Crippen molar-refractivity contribution in [3.8, 4) is 0 Å². The van der Waals surface area contributed by atoms with Gasteiger partial charge in [0.25, 0.3) is 0 Å². The topological polar surface area (TPSA) is 68.2 Å². The van der Waals surface area contributed by atoms with Crippen molar-refractivity contribution >= 4 is 5.96 Å². The second kappa shape index (κ2) is 8.52. The van der Waals surface area contributed by atoms with Gasteiger partial charge >= 0.3 is 0 Å². The first kappa shape index (κ1) is 16.6. The van der Waals surface area contributed by atoms with Crippen LogP contribution in [0.5, 0.6) is 0 Å². The molecule has 0 unspecified atom stereocenters. The monoisotopic (exact) mass is 325 g/mol. The van der Waals surface area contributed by atoms with Crippen LogP contribution >= 0.6 is 0 Å². The molecular weight excluding hydrogens is 298 g/mol. The van der Waals surface area contributed by atoms with Gasteiger partial charge in [-0.3, -0.25) is 4.68 Å². The molecule has 1 saturated carbocycles. The Morgan fingerprint density at radius 2 is 1.96 bits per heavy atom. The lowest BCUT2D eigenvalue weighted by atomic mass is 10.1. The van der Waals surface area contributed by atoms with Gasteiger partial charge in [0.15, 0.2) is 5.96 Å². The van der Waals surface area contributed by atoms with Crippen LogP contribution in [0.15, 0.2) is 47.7 Å². The van der Waals surface area contributed by atoms with Crippen molar-refractivity contribution in [1.82, 2.24) is 15.1 Å². The van der Waals surface area contributed by atoms with Crippen LogP contribution in [0.2, 0.25) is 0 Å². The summed E-state index contributed by atoms with van der Waals surface area (Å²) in [7, 11) is 0. The van der Waals surface area contributed by atoms with Gasteiger partial charge in [-0.2, -0.15) is 5.10 Å². The molecule has 1 aromatic carbocycles. The maximum Gasteiger partial charge on any atom is 0.189 e. The fourth-order valence-electron chi connectivity index (χ4n) is 3.26. The molecule has 128 valence electrons. The van der Waals surface area contributed by atoms with Gasteiger partial charge in [0, 0.05) is 18.4 Å². The number of nitrogens with two attached hydrogens (primary N) is 1. The molecule has 5 nitrogen and oxygen atoms in total. The van der Waals surface area contributed by atoms with E-state index in [0.29, 0.717) is 18.5 Å². The first-order chi connectivity index (χ1) is 11.8. The fourth-order valence-corrected chi connectivity index (χ4v) is 3.26. The van der Waals surface area contributed by atoms with Gasteiger partial charge in [0.1, 0.15) is 0 Å². The van der Waals surface area contributed by atoms with Gasteiger partial charge in [-0.25, -0.2) is 4.99 Å². The second-order valence-corrected chi connectivity index (χ2v) is 6.56. The highest BCUT2D eigenvalue weighted by Crippen LogP contribution is 2.17. The first-order valence-electron chi connectivity index (χ1n) is 8.91. The van der Waals surface area contributed by atoms with Crippen molar-refractivity contribution in [2.75, 3.05) is 0 Å². The molecule has 2 aromatic rings. The number of guanidine groups is 1. The number of hydrogen-bond acceptors (Lipinski definition) is 2. The Bertz CT molecular complexity index is 640. The number of nitrogens with zero attached hydrogens (tertiary/aromatic N) is 3. The summed E-state index contributed by atoms with van der Waals surface area (Å²) < 4.78 is 1.92. The molecule has 0 spiro atoms. The molecule has 3 N–H and O–H groups in total. The van der Waals surface area contributed by atoms with Crippen LogP contribution in [0.25, 0.3) is 0 Å². The van der Waals surface area contributed by atoms with E-state index in [2.05, 4.69) is 39.7 Å². The van der Waals surface area contributed by atoms with Gasteiger partial charge in [-0.15, -0.1) is 0 Å². The molecule has 1 fully saturated rings. The molecule has 24 heavy (non-hydrogen) atoms. The van der Waals surface area contributed by atoms with Gasteiger partial charge in [-0.05, 0) is 30.0 Å². The Hall–Kier alpha value is -2.30. The highest BCUT2D eigenvalue weighted by atomic mass is 15.3. The summed E-state index contributed by atoms with van der Waals surface area (Å²) in [6.07, 6.45) is 11.5. The van der Waals surface area contributed by atoms with Crippen LogP contribution < -0.4 is 11.1 Å². The minimum Gasteiger partial charge on any atom is -0.370 e. The van der Waals surface area contributed by atoms with E-state index in [1.807, 2.05) is 16.9 Å². The zero-order valence-corrected chi connectivity index (χ0v) is 14.2. The van der Waals surface area contributed by atoms with Crippen molar-refractivity contribution in [2.24, 2.45) is 10.7 Å². The van der Waals surface area contributed by atoms with Crippen molar-refractivity contribution in [2.45, 2.75) is 57.7 Å². The molecule has 0 saturated heterocycles. The van der Waals surface area contributed by atoms with E-state index < -0.39 is 0 Å². The number of rotatable bonds is 5. The van der Waals surface area contributed by atoms with E-state index in [4.69, 9.17) is 5.73 Å². The van der Waals surface area contributed by atoms with Crippen molar-refractivity contribution in [3.63, 3.8) is 0 Å². The Morgan fingerprint density at radius 3 is 2.71 bits per heavy atom. The Labute approximate surface area is 144 Å². The summed E-state index contributed by atoms with van der Waals surface area (Å²) in [6, 6.07) is 10.9. The van der Waals surface area contributed by atoms with Crippen LogP contribution in [0.1, 0.15) is 49.7 Å². The highest BCUT2D eigenvalue weighted by Gasteiger charge is 2.12. The van der Waals surface area contributed by atoms with Crippen molar-refractivity contribution in [3.05, 3.63) is 53.9 Å². The molecule has 1 heterocycles. The van der Waals surface area contributed by atoms with E-state index in [-0.39, 0.29) is 0 Å². The zero-order chi connectivity index (χ0) is 16.6. The van der Waals surface area contributed by atoms with Gasteiger partial charge < -0.3 is 11.1 Å². The largest absolute Gasteiger partial charge is 0.370 e. The Balaban J connectivity index is 1.54. The maximum atomic E-state index is 6.08. The summed E-state index contributed by atoms with van der Waals surface area (Å²) in [5.41, 5.74) is 8.47. The molecule has 0 bridgehead atoms. The minimum absolute atomic E-state index is 0.488. The average Bonchev–Trinajstić information content (AvgIpc) is 2.96. The quantitative estimate of drug-likeness (QED) is 0.504. The van der Waals surface area contributed by atoms with Crippen molar-refractivity contribution < 1.29 is 0 Å². The number of benzene rings is 1. The lowest BCUT2D eigenvalue weighted by molar-refractivity contribution is 0.530. The van der Waals surface area contributed by atoms with E-state index in [1.165, 1.54) is 49.7 Å². The zero-order valence-electron chi connectivity index (χ0n) is 14.2. The van der Waals surface area contributed by atoms with Crippen LogP contribution in [0.3, 0.4) is 0 Å². The molecule has 1 aliphatic carbocycles. The number of aromatic nitrogens is 2. The van der Waals surface area contributed by atoms with E-state index in [1.54, 1.807) is 6.20 Å². The summed E-state index contributed by atoms with van der Waals surface area (Å²) in [4.78, 5) is 4.52. The number of nitrogens with one attached hydrogen (secondary N) is 1. The second-order valence-electron chi connectivity index (χ2n) is 6.56. The number of aliphatic imine (C=N–C) groups is 1. The summed E-state index contributed by atoms with van der Waals surface area (Å²) in [6.45, 7) is 1.39. The van der Waals surface area contributed by atoms with Crippen LogP contribution in [-0.4, -0.2) is 21.8 Å². The molecule has 0 amide bonds. The molecule has 3 rings (SSSR count). The van der Waals surface area contributed by atoms with Gasteiger partial charge in [0.05, 0.1) is 13.1 Å². The third-order valence-electron chi connectivity index (χ3n) is 4.53. The summed E-state index contributed by atoms with van der Waals surface area (Å²) in [5.74, 6) is 0.569. The number of hydrogen-bond donors (Lipinski definition) is 2. The summed E-state index contributed by atoms with van der Waals surface area (Å²) >= 11 is 0. The highest BCUT2D eigenvalue weighted by molar-refractivity contribution is 5.78. The third kappa shape index (κ3) is 5.11. The maximum absolute atomic E-state index is 6.08. The smallest absolute Gasteiger partial charge is 0.189 e. The molecule has 1 aromatic heterocycles. The summed E-state index contributed by atoms with van der Waals surface area (Å²) in [5, 5.41) is 7.64. The van der Waals surface area contributed by atoms with Crippen molar-refractivity contribution in [1.29, 1.82) is 0 Å². The fraction of sp³-hybridized carbons (Fsp3) is 0.474. The third-order valence-corrected chi connectivity index (χ3v) is 4.53. The molecule has 0 radical (unpaired) electrons. The molecule has 1 aliphatic rings. The van der Waals surface area contributed by atoms with Crippen LogP contribution in [0, 0.1) is 0 Å². The Kier molecular flexibility index (Phi) is 5.88. The molecular formula is C19H27N5. The SMILES string of the molecule is NC(=NCc1cccc(Cn2cccn2)c1)NC1CCCCCC1. The lowest BCUT2D eigenvalue weighted by Gasteiger charge is -2.16. The molecule has 5 heteroatoms. The van der Waals surface area contributed by atoms with E-state index in [9.17, 15) is 0 Å². The lowest BCUT2D eigenvalue weighted by Crippen LogP contribution is -2.39. The van der Waals surface area contributed by atoms with Crippen LogP contribution in [-0.2, 0) is 13.1 Å². The average molecular weight is 325 g/mol. The van der Waals surface area contributed by atoms with Crippen LogP contribution in [0.4, 0.5) is 0 Å². The van der Waals surface area contributed by atoms with E-state index >= 15 is 0 Å². The van der Waals surface area contributed by atoms with E-state index in [0.717, 1.165) is 6.54 Å². The predicted molar refractivity (Wildman–Crippen MR) is 97.7 cm³/mol.